The lowest BCUT2D eigenvalue weighted by molar-refractivity contribution is -0.115. The van der Waals surface area contributed by atoms with Gasteiger partial charge < -0.3 is 24.3 Å². The highest BCUT2D eigenvalue weighted by molar-refractivity contribution is 5.92. The number of carbonyl (C=O) groups is 1. The molecule has 0 aliphatic rings. The van der Waals surface area contributed by atoms with E-state index in [0.717, 1.165) is 12.2 Å². The Morgan fingerprint density at radius 3 is 2.53 bits per heavy atom. The van der Waals surface area contributed by atoms with E-state index in [9.17, 15) is 4.79 Å². The van der Waals surface area contributed by atoms with Gasteiger partial charge in [-0.15, -0.1) is 0 Å². The number of aryl methyl sites for hydroxylation is 2. The van der Waals surface area contributed by atoms with Crippen LogP contribution in [0, 0.1) is 6.92 Å². The van der Waals surface area contributed by atoms with E-state index < -0.39 is 0 Å². The minimum atomic E-state index is -0.229. The molecular formula is C25H28N6O5. The van der Waals surface area contributed by atoms with Crippen LogP contribution in [0.15, 0.2) is 36.9 Å². The third-order valence-electron chi connectivity index (χ3n) is 5.40. The SMILES string of the molecule is CCOc1cc2c(Oc3cnc(CC(=O)Nc4cn(CC)nc4C)c(OC)c3)ncnc2cc1OC. The van der Waals surface area contributed by atoms with Crippen LogP contribution in [0.5, 0.6) is 28.9 Å². The number of hydrogen-bond donors (Lipinski definition) is 1. The van der Waals surface area contributed by atoms with Crippen molar-refractivity contribution in [2.75, 3.05) is 26.1 Å². The number of anilines is 1. The molecule has 0 radical (unpaired) electrons. The Morgan fingerprint density at radius 1 is 1.03 bits per heavy atom. The van der Waals surface area contributed by atoms with Gasteiger partial charge in [-0.2, -0.15) is 5.10 Å². The highest BCUT2D eigenvalue weighted by Crippen LogP contribution is 2.36. The average Bonchev–Trinajstić information content (AvgIpc) is 3.24. The van der Waals surface area contributed by atoms with Crippen LogP contribution < -0.4 is 24.3 Å². The van der Waals surface area contributed by atoms with E-state index >= 15 is 0 Å². The first kappa shape index (κ1) is 24.7. The molecule has 188 valence electrons. The minimum Gasteiger partial charge on any atom is -0.495 e. The first-order chi connectivity index (χ1) is 17.4. The van der Waals surface area contributed by atoms with E-state index in [2.05, 4.69) is 25.4 Å². The van der Waals surface area contributed by atoms with Crippen LogP contribution >= 0.6 is 0 Å². The topological polar surface area (TPSA) is 123 Å². The summed E-state index contributed by atoms with van der Waals surface area (Å²) >= 11 is 0. The molecule has 0 unspecified atom stereocenters. The van der Waals surface area contributed by atoms with Gasteiger partial charge in [0.1, 0.15) is 12.1 Å². The zero-order chi connectivity index (χ0) is 25.7. The van der Waals surface area contributed by atoms with Crippen LogP contribution in [-0.2, 0) is 17.8 Å². The van der Waals surface area contributed by atoms with Gasteiger partial charge in [0.2, 0.25) is 11.8 Å². The minimum absolute atomic E-state index is 0.0220. The molecule has 0 aliphatic heterocycles. The summed E-state index contributed by atoms with van der Waals surface area (Å²) in [6, 6.07) is 5.21. The van der Waals surface area contributed by atoms with Gasteiger partial charge in [0.05, 0.1) is 61.4 Å². The fourth-order valence-corrected chi connectivity index (χ4v) is 3.63. The van der Waals surface area contributed by atoms with Gasteiger partial charge >= 0.3 is 0 Å². The number of pyridine rings is 1. The van der Waals surface area contributed by atoms with Crippen molar-refractivity contribution in [3.63, 3.8) is 0 Å². The Balaban J connectivity index is 1.55. The predicted octanol–water partition coefficient (Wildman–Crippen LogP) is 3.94. The molecule has 0 aliphatic carbocycles. The molecule has 11 heteroatoms. The van der Waals surface area contributed by atoms with Crippen molar-refractivity contribution in [3.05, 3.63) is 48.3 Å². The number of methoxy groups -OCH3 is 2. The molecule has 4 rings (SSSR count). The summed E-state index contributed by atoms with van der Waals surface area (Å²) in [4.78, 5) is 25.6. The number of amides is 1. The predicted molar refractivity (Wildman–Crippen MR) is 133 cm³/mol. The van der Waals surface area contributed by atoms with E-state index in [-0.39, 0.29) is 12.3 Å². The van der Waals surface area contributed by atoms with Gasteiger partial charge in [0, 0.05) is 24.9 Å². The van der Waals surface area contributed by atoms with Crippen LogP contribution in [0.2, 0.25) is 0 Å². The van der Waals surface area contributed by atoms with E-state index in [1.807, 2.05) is 20.8 Å². The number of nitrogens with zero attached hydrogens (tertiary/aromatic N) is 5. The number of rotatable bonds is 10. The zero-order valence-corrected chi connectivity index (χ0v) is 20.9. The maximum Gasteiger partial charge on any atom is 0.230 e. The Kier molecular flexibility index (Phi) is 7.47. The van der Waals surface area contributed by atoms with Crippen molar-refractivity contribution in [2.24, 2.45) is 0 Å². The summed E-state index contributed by atoms with van der Waals surface area (Å²) in [6.07, 6.45) is 4.75. The van der Waals surface area contributed by atoms with E-state index in [0.29, 0.717) is 57.8 Å². The molecule has 0 bridgehead atoms. The summed E-state index contributed by atoms with van der Waals surface area (Å²) in [5.74, 6) is 2.03. The van der Waals surface area contributed by atoms with E-state index in [1.54, 1.807) is 36.2 Å². The van der Waals surface area contributed by atoms with Crippen molar-refractivity contribution < 1.29 is 23.7 Å². The monoisotopic (exact) mass is 492 g/mol. The number of aromatic nitrogens is 5. The molecular weight excluding hydrogens is 464 g/mol. The van der Waals surface area contributed by atoms with Gasteiger partial charge in [-0.3, -0.25) is 14.5 Å². The van der Waals surface area contributed by atoms with Crippen molar-refractivity contribution in [1.29, 1.82) is 0 Å². The molecule has 11 nitrogen and oxygen atoms in total. The number of carbonyl (C=O) groups excluding carboxylic acids is 1. The lowest BCUT2D eigenvalue weighted by Crippen LogP contribution is -2.16. The Bertz CT molecular complexity index is 1390. The van der Waals surface area contributed by atoms with Gasteiger partial charge in [-0.25, -0.2) is 9.97 Å². The van der Waals surface area contributed by atoms with Gasteiger partial charge in [-0.1, -0.05) is 0 Å². The number of ether oxygens (including phenoxy) is 4. The normalized spacial score (nSPS) is 10.8. The molecule has 3 aromatic heterocycles. The number of hydrogen-bond acceptors (Lipinski definition) is 9. The highest BCUT2D eigenvalue weighted by atomic mass is 16.5. The third kappa shape index (κ3) is 5.29. The maximum atomic E-state index is 12.6. The molecule has 0 spiro atoms. The lowest BCUT2D eigenvalue weighted by atomic mass is 10.2. The first-order valence-corrected chi connectivity index (χ1v) is 11.5. The fourth-order valence-electron chi connectivity index (χ4n) is 3.63. The summed E-state index contributed by atoms with van der Waals surface area (Å²) in [6.45, 7) is 6.91. The standard InChI is InChI=1S/C25H28N6O5/c1-6-31-13-20(15(3)30-31)29-24(32)11-19-21(33-4)8-16(12-26-19)36-25-17-9-23(35-7-2)22(34-5)10-18(17)27-14-28-25/h8-10,12-14H,6-7,11H2,1-5H3,(H,29,32). The summed E-state index contributed by atoms with van der Waals surface area (Å²) in [5.41, 5.74) is 2.52. The Labute approximate surface area is 208 Å². The van der Waals surface area contributed by atoms with Gasteiger partial charge in [0.15, 0.2) is 17.2 Å². The summed E-state index contributed by atoms with van der Waals surface area (Å²) in [5, 5.41) is 7.86. The molecule has 4 aromatic rings. The second kappa shape index (κ2) is 10.9. The number of benzene rings is 1. The molecule has 1 amide bonds. The molecule has 1 N–H and O–H groups in total. The van der Waals surface area contributed by atoms with Crippen LogP contribution in [0.25, 0.3) is 10.9 Å². The van der Waals surface area contributed by atoms with Crippen molar-refractivity contribution in [3.8, 4) is 28.9 Å². The Morgan fingerprint density at radius 2 is 1.83 bits per heavy atom. The molecule has 3 heterocycles. The lowest BCUT2D eigenvalue weighted by Gasteiger charge is -2.13. The highest BCUT2D eigenvalue weighted by Gasteiger charge is 2.17. The van der Waals surface area contributed by atoms with Gasteiger partial charge in [-0.05, 0) is 26.8 Å². The van der Waals surface area contributed by atoms with Crippen LogP contribution in [-0.4, -0.2) is 51.5 Å². The zero-order valence-electron chi connectivity index (χ0n) is 20.9. The van der Waals surface area contributed by atoms with E-state index in [4.69, 9.17) is 18.9 Å². The second-order valence-corrected chi connectivity index (χ2v) is 7.76. The van der Waals surface area contributed by atoms with Crippen LogP contribution in [0.1, 0.15) is 25.2 Å². The molecule has 0 atom stereocenters. The number of nitrogens with one attached hydrogen (secondary N) is 1. The number of fused-ring (bicyclic) bond motifs is 1. The second-order valence-electron chi connectivity index (χ2n) is 7.76. The molecule has 36 heavy (non-hydrogen) atoms. The Hall–Kier alpha value is -4.41. The van der Waals surface area contributed by atoms with Crippen molar-refractivity contribution >= 4 is 22.5 Å². The molecule has 0 saturated carbocycles. The van der Waals surface area contributed by atoms with E-state index in [1.165, 1.54) is 19.6 Å². The molecule has 0 fully saturated rings. The summed E-state index contributed by atoms with van der Waals surface area (Å²) in [7, 11) is 3.08. The summed E-state index contributed by atoms with van der Waals surface area (Å²) < 4.78 is 24.3. The first-order valence-electron chi connectivity index (χ1n) is 11.5. The molecule has 1 aromatic carbocycles. The molecule has 0 saturated heterocycles. The van der Waals surface area contributed by atoms with Crippen LogP contribution in [0.3, 0.4) is 0 Å². The smallest absolute Gasteiger partial charge is 0.230 e. The van der Waals surface area contributed by atoms with Crippen molar-refractivity contribution in [1.82, 2.24) is 24.7 Å². The van der Waals surface area contributed by atoms with Gasteiger partial charge in [0.25, 0.3) is 0 Å². The fraction of sp³-hybridized carbons (Fsp3) is 0.320. The van der Waals surface area contributed by atoms with Crippen molar-refractivity contribution in [2.45, 2.75) is 33.7 Å². The van der Waals surface area contributed by atoms with Crippen LogP contribution in [0.4, 0.5) is 5.69 Å². The maximum absolute atomic E-state index is 12.6. The quantitative estimate of drug-likeness (QED) is 0.351. The average molecular weight is 493 g/mol. The third-order valence-corrected chi connectivity index (χ3v) is 5.40. The largest absolute Gasteiger partial charge is 0.495 e.